The Balaban J connectivity index is 1.41. The van der Waals surface area contributed by atoms with Gasteiger partial charge in [-0.2, -0.15) is 4.39 Å². The molecule has 1 aromatic heterocycles. The quantitative estimate of drug-likeness (QED) is 0.618. The number of halogens is 1. The first kappa shape index (κ1) is 20.1. The first-order valence-corrected chi connectivity index (χ1v) is 10.4. The molecule has 2 aromatic carbocycles. The van der Waals surface area contributed by atoms with Gasteiger partial charge in [-0.1, -0.05) is 12.1 Å². The SMILES string of the molecule is O=C1Nc2cc(CC(=O)N3CCOCC3)ccc2Nc2cc(-c3ccnc(F)c3)ccc21. The maximum Gasteiger partial charge on any atom is 0.257 e. The molecule has 3 aromatic rings. The number of nitrogens with one attached hydrogen (secondary N) is 2. The number of benzene rings is 2. The van der Waals surface area contributed by atoms with Gasteiger partial charge in [0.15, 0.2) is 0 Å². The number of fused-ring (bicyclic) bond motifs is 2. The maximum atomic E-state index is 13.5. The third-order valence-electron chi connectivity index (χ3n) is 5.64. The number of hydrogen-bond acceptors (Lipinski definition) is 5. The van der Waals surface area contributed by atoms with Crippen LogP contribution in [0.3, 0.4) is 0 Å². The number of morpholine rings is 1. The Hall–Kier alpha value is -3.78. The van der Waals surface area contributed by atoms with Crippen LogP contribution < -0.4 is 10.6 Å². The molecule has 0 aliphatic carbocycles. The van der Waals surface area contributed by atoms with Crippen LogP contribution in [0.15, 0.2) is 54.7 Å². The monoisotopic (exact) mass is 432 g/mol. The van der Waals surface area contributed by atoms with Crippen molar-refractivity contribution in [2.75, 3.05) is 36.9 Å². The summed E-state index contributed by atoms with van der Waals surface area (Å²) < 4.78 is 18.8. The van der Waals surface area contributed by atoms with E-state index in [9.17, 15) is 14.0 Å². The zero-order chi connectivity index (χ0) is 22.1. The molecular weight excluding hydrogens is 411 g/mol. The summed E-state index contributed by atoms with van der Waals surface area (Å²) in [4.78, 5) is 30.8. The molecule has 0 unspecified atom stereocenters. The van der Waals surface area contributed by atoms with E-state index in [1.807, 2.05) is 24.3 Å². The van der Waals surface area contributed by atoms with E-state index in [1.165, 1.54) is 12.3 Å². The molecule has 0 radical (unpaired) electrons. The summed E-state index contributed by atoms with van der Waals surface area (Å²) in [7, 11) is 0. The van der Waals surface area contributed by atoms with Gasteiger partial charge in [0.1, 0.15) is 0 Å². The van der Waals surface area contributed by atoms with Crippen molar-refractivity contribution in [3.63, 3.8) is 0 Å². The average Bonchev–Trinajstić information content (AvgIpc) is 2.94. The topological polar surface area (TPSA) is 83.6 Å². The number of aromatic nitrogens is 1. The van der Waals surface area contributed by atoms with Crippen molar-refractivity contribution in [3.05, 3.63) is 71.8 Å². The lowest BCUT2D eigenvalue weighted by molar-refractivity contribution is -0.134. The molecule has 0 bridgehead atoms. The zero-order valence-corrected chi connectivity index (χ0v) is 17.2. The number of amides is 2. The Morgan fingerprint density at radius 1 is 0.969 bits per heavy atom. The van der Waals surface area contributed by atoms with Crippen LogP contribution in [0.25, 0.3) is 11.1 Å². The van der Waals surface area contributed by atoms with Crippen LogP contribution in [-0.4, -0.2) is 48.0 Å². The Kier molecular flexibility index (Phi) is 5.28. The van der Waals surface area contributed by atoms with Crippen LogP contribution in [0.4, 0.5) is 21.5 Å². The highest BCUT2D eigenvalue weighted by atomic mass is 19.1. The van der Waals surface area contributed by atoms with Crippen LogP contribution in [-0.2, 0) is 16.0 Å². The Bertz CT molecular complexity index is 1210. The molecule has 1 fully saturated rings. The van der Waals surface area contributed by atoms with E-state index >= 15 is 0 Å². The van der Waals surface area contributed by atoms with Crippen LogP contribution in [0.5, 0.6) is 0 Å². The van der Waals surface area contributed by atoms with Gasteiger partial charge >= 0.3 is 0 Å². The average molecular weight is 432 g/mol. The highest BCUT2D eigenvalue weighted by molar-refractivity contribution is 6.12. The van der Waals surface area contributed by atoms with Crippen LogP contribution in [0.1, 0.15) is 15.9 Å². The van der Waals surface area contributed by atoms with E-state index in [0.29, 0.717) is 48.8 Å². The molecular formula is C24H21FN4O3. The van der Waals surface area contributed by atoms with Gasteiger partial charge in [0.25, 0.3) is 5.91 Å². The summed E-state index contributed by atoms with van der Waals surface area (Å²) in [6.45, 7) is 2.31. The van der Waals surface area contributed by atoms with Crippen molar-refractivity contribution in [1.29, 1.82) is 0 Å². The van der Waals surface area contributed by atoms with E-state index in [2.05, 4.69) is 15.6 Å². The molecule has 162 valence electrons. The van der Waals surface area contributed by atoms with Gasteiger partial charge in [-0.05, 0) is 47.0 Å². The lowest BCUT2D eigenvalue weighted by Crippen LogP contribution is -2.41. The molecule has 0 spiro atoms. The van der Waals surface area contributed by atoms with Gasteiger partial charge in [0.2, 0.25) is 11.9 Å². The largest absolute Gasteiger partial charge is 0.378 e. The fraction of sp³-hybridized carbons (Fsp3) is 0.208. The minimum absolute atomic E-state index is 0.0404. The fourth-order valence-electron chi connectivity index (χ4n) is 3.95. The van der Waals surface area contributed by atoms with Crippen LogP contribution in [0.2, 0.25) is 0 Å². The Morgan fingerprint density at radius 3 is 2.59 bits per heavy atom. The molecule has 32 heavy (non-hydrogen) atoms. The minimum atomic E-state index is -0.562. The highest BCUT2D eigenvalue weighted by Crippen LogP contribution is 2.35. The molecule has 2 N–H and O–H groups in total. The number of anilines is 3. The molecule has 7 nitrogen and oxygen atoms in total. The summed E-state index contributed by atoms with van der Waals surface area (Å²) in [6, 6.07) is 13.9. The lowest BCUT2D eigenvalue weighted by atomic mass is 10.0. The minimum Gasteiger partial charge on any atom is -0.378 e. The van der Waals surface area contributed by atoms with E-state index in [1.54, 1.807) is 23.1 Å². The van der Waals surface area contributed by atoms with E-state index in [0.717, 1.165) is 16.8 Å². The summed E-state index contributed by atoms with van der Waals surface area (Å²) in [5, 5.41) is 6.22. The normalized spacial score (nSPS) is 15.2. The highest BCUT2D eigenvalue weighted by Gasteiger charge is 2.21. The second kappa shape index (κ2) is 8.39. The summed E-state index contributed by atoms with van der Waals surface area (Å²) in [5.74, 6) is -0.776. The smallest absolute Gasteiger partial charge is 0.257 e. The van der Waals surface area contributed by atoms with Gasteiger partial charge in [0.05, 0.1) is 42.3 Å². The van der Waals surface area contributed by atoms with Gasteiger partial charge in [-0.25, -0.2) is 4.98 Å². The summed E-state index contributed by atoms with van der Waals surface area (Å²) in [5.41, 5.74) is 4.68. The maximum absolute atomic E-state index is 13.5. The van der Waals surface area contributed by atoms with Crippen molar-refractivity contribution in [2.24, 2.45) is 0 Å². The zero-order valence-electron chi connectivity index (χ0n) is 17.2. The Morgan fingerprint density at radius 2 is 1.78 bits per heavy atom. The first-order chi connectivity index (χ1) is 15.6. The Labute approximate surface area is 184 Å². The summed E-state index contributed by atoms with van der Waals surface area (Å²) in [6.07, 6.45) is 1.67. The fourth-order valence-corrected chi connectivity index (χ4v) is 3.95. The van der Waals surface area contributed by atoms with E-state index in [4.69, 9.17) is 4.74 Å². The number of carbonyl (C=O) groups excluding carboxylic acids is 2. The molecule has 2 aliphatic heterocycles. The van der Waals surface area contributed by atoms with Crippen molar-refractivity contribution >= 4 is 28.9 Å². The van der Waals surface area contributed by atoms with Crippen molar-refractivity contribution in [1.82, 2.24) is 9.88 Å². The third kappa shape index (κ3) is 4.04. The molecule has 8 heteroatoms. The molecule has 2 aliphatic rings. The number of rotatable bonds is 3. The number of pyridine rings is 1. The number of ether oxygens (including phenoxy) is 1. The van der Waals surface area contributed by atoms with Crippen molar-refractivity contribution in [3.8, 4) is 11.1 Å². The first-order valence-electron chi connectivity index (χ1n) is 10.4. The van der Waals surface area contributed by atoms with E-state index in [-0.39, 0.29) is 18.2 Å². The van der Waals surface area contributed by atoms with Gasteiger partial charge < -0.3 is 20.3 Å². The van der Waals surface area contributed by atoms with Gasteiger partial charge in [-0.3, -0.25) is 9.59 Å². The molecule has 1 saturated heterocycles. The molecule has 0 saturated carbocycles. The second-order valence-corrected chi connectivity index (χ2v) is 7.76. The van der Waals surface area contributed by atoms with Crippen molar-refractivity contribution < 1.29 is 18.7 Å². The van der Waals surface area contributed by atoms with Crippen molar-refractivity contribution in [2.45, 2.75) is 6.42 Å². The number of hydrogen-bond donors (Lipinski definition) is 2. The molecule has 5 rings (SSSR count). The van der Waals surface area contributed by atoms with Gasteiger partial charge in [-0.15, -0.1) is 0 Å². The number of carbonyl (C=O) groups is 2. The van der Waals surface area contributed by atoms with Crippen LogP contribution >= 0.6 is 0 Å². The van der Waals surface area contributed by atoms with Gasteiger partial charge in [0, 0.05) is 25.4 Å². The predicted molar refractivity (Wildman–Crippen MR) is 118 cm³/mol. The lowest BCUT2D eigenvalue weighted by Gasteiger charge is -2.27. The standard InChI is InChI=1S/C24H21FN4O3/c25-22-14-17(5-6-26-22)16-2-3-18-20(13-16)27-19-4-1-15(11-21(19)28-24(18)31)12-23(30)29-7-9-32-10-8-29/h1-6,11,13-14,27H,7-10,12H2,(H,28,31). The molecule has 0 atom stereocenters. The predicted octanol–water partition coefficient (Wildman–Crippen LogP) is 3.60. The molecule has 2 amide bonds. The summed E-state index contributed by atoms with van der Waals surface area (Å²) >= 11 is 0. The third-order valence-corrected chi connectivity index (χ3v) is 5.64. The number of nitrogens with zero attached hydrogens (tertiary/aromatic N) is 2. The van der Waals surface area contributed by atoms with E-state index < -0.39 is 5.95 Å². The van der Waals surface area contributed by atoms with Crippen LogP contribution in [0, 0.1) is 5.95 Å². The second-order valence-electron chi connectivity index (χ2n) is 7.76. The molecule has 3 heterocycles.